The summed E-state index contributed by atoms with van der Waals surface area (Å²) in [4.78, 5) is 0. The molecule has 4 heteroatoms. The van der Waals surface area contributed by atoms with Gasteiger partial charge in [-0.15, -0.1) is 0 Å². The van der Waals surface area contributed by atoms with Crippen molar-refractivity contribution in [1.82, 2.24) is 5.32 Å². The molecule has 0 aliphatic carbocycles. The summed E-state index contributed by atoms with van der Waals surface area (Å²) in [5, 5.41) is 4.09. The molecular formula is C16H23NO2S. The van der Waals surface area contributed by atoms with Crippen molar-refractivity contribution in [2.24, 2.45) is 0 Å². The molecule has 3 rings (SSSR count). The molecule has 1 saturated heterocycles. The molecule has 2 aliphatic rings. The Kier molecular flexibility index (Phi) is 4.86. The monoisotopic (exact) mass is 293 g/mol. The molecule has 1 fully saturated rings. The maximum atomic E-state index is 5.93. The van der Waals surface area contributed by atoms with Crippen LogP contribution in [-0.4, -0.2) is 36.9 Å². The zero-order valence-corrected chi connectivity index (χ0v) is 12.8. The molecule has 0 saturated carbocycles. The second-order valence-electron chi connectivity index (χ2n) is 5.39. The number of ether oxygens (including phenoxy) is 2. The van der Waals surface area contributed by atoms with Crippen LogP contribution in [-0.2, 0) is 4.74 Å². The van der Waals surface area contributed by atoms with E-state index in [0.717, 1.165) is 31.3 Å². The predicted octanol–water partition coefficient (Wildman–Crippen LogP) is 3.01. The molecule has 1 aromatic rings. The minimum Gasteiger partial charge on any atom is -0.492 e. The lowest BCUT2D eigenvalue weighted by molar-refractivity contribution is 0.128. The highest BCUT2D eigenvalue weighted by Crippen LogP contribution is 2.37. The quantitative estimate of drug-likeness (QED) is 0.904. The lowest BCUT2D eigenvalue weighted by Crippen LogP contribution is -2.38. The number of thioether (sulfide) groups is 1. The van der Waals surface area contributed by atoms with Gasteiger partial charge in [-0.25, -0.2) is 0 Å². The standard InChI is InChI=1S/C16H23NO2S/c1-2-17-16-13-7-3-4-8-14(13)19-10-15(16)20-11-12-6-5-9-18-12/h3-4,7-8,12,15-17H,2,5-6,9-11H2,1H3. The first kappa shape index (κ1) is 14.2. The topological polar surface area (TPSA) is 30.5 Å². The third kappa shape index (κ3) is 3.13. The van der Waals surface area contributed by atoms with Crippen molar-refractivity contribution < 1.29 is 9.47 Å². The highest BCUT2D eigenvalue weighted by atomic mass is 32.2. The molecular weight excluding hydrogens is 270 g/mol. The highest BCUT2D eigenvalue weighted by Gasteiger charge is 2.31. The first-order chi connectivity index (χ1) is 9.88. The first-order valence-corrected chi connectivity index (χ1v) is 8.61. The summed E-state index contributed by atoms with van der Waals surface area (Å²) in [5.74, 6) is 2.12. The number of nitrogens with one attached hydrogen (secondary N) is 1. The Morgan fingerprint density at radius 3 is 3.05 bits per heavy atom. The molecule has 3 nitrogen and oxygen atoms in total. The summed E-state index contributed by atoms with van der Waals surface area (Å²) >= 11 is 1.99. The molecule has 0 spiro atoms. The van der Waals surface area contributed by atoms with Gasteiger partial charge < -0.3 is 14.8 Å². The normalized spacial score (nSPS) is 28.9. The van der Waals surface area contributed by atoms with E-state index < -0.39 is 0 Å². The lowest BCUT2D eigenvalue weighted by atomic mass is 10.0. The Morgan fingerprint density at radius 2 is 2.25 bits per heavy atom. The van der Waals surface area contributed by atoms with Crippen molar-refractivity contribution in [3.63, 3.8) is 0 Å². The summed E-state index contributed by atoms with van der Waals surface area (Å²) in [7, 11) is 0. The Hall–Kier alpha value is -0.710. The second kappa shape index (κ2) is 6.83. The van der Waals surface area contributed by atoms with Crippen LogP contribution >= 0.6 is 11.8 Å². The van der Waals surface area contributed by atoms with Crippen LogP contribution in [0.15, 0.2) is 24.3 Å². The molecule has 1 N–H and O–H groups in total. The molecule has 20 heavy (non-hydrogen) atoms. The van der Waals surface area contributed by atoms with Gasteiger partial charge in [0, 0.05) is 17.9 Å². The molecule has 2 heterocycles. The number of hydrogen-bond donors (Lipinski definition) is 1. The fraction of sp³-hybridized carbons (Fsp3) is 0.625. The van der Waals surface area contributed by atoms with Gasteiger partial charge >= 0.3 is 0 Å². The van der Waals surface area contributed by atoms with E-state index in [1.54, 1.807) is 0 Å². The zero-order valence-electron chi connectivity index (χ0n) is 12.0. The fourth-order valence-electron chi connectivity index (χ4n) is 2.95. The van der Waals surface area contributed by atoms with Crippen molar-refractivity contribution in [1.29, 1.82) is 0 Å². The zero-order chi connectivity index (χ0) is 13.8. The Bertz CT molecular complexity index is 434. The van der Waals surface area contributed by atoms with Gasteiger partial charge in [-0.3, -0.25) is 0 Å². The molecule has 3 unspecified atom stereocenters. The number of benzene rings is 1. The summed E-state index contributed by atoms with van der Waals surface area (Å²) in [6.07, 6.45) is 2.87. The van der Waals surface area contributed by atoms with Crippen molar-refractivity contribution in [3.05, 3.63) is 29.8 Å². The number of hydrogen-bond acceptors (Lipinski definition) is 4. The van der Waals surface area contributed by atoms with Crippen LogP contribution in [0.25, 0.3) is 0 Å². The van der Waals surface area contributed by atoms with Crippen LogP contribution in [0, 0.1) is 0 Å². The first-order valence-electron chi connectivity index (χ1n) is 7.56. The maximum Gasteiger partial charge on any atom is 0.124 e. The van der Waals surface area contributed by atoms with Gasteiger partial charge in [0.2, 0.25) is 0 Å². The van der Waals surface area contributed by atoms with E-state index in [1.807, 2.05) is 17.8 Å². The summed E-state index contributed by atoms with van der Waals surface area (Å²) in [6, 6.07) is 8.78. The molecule has 0 radical (unpaired) electrons. The Labute approximate surface area is 125 Å². The summed E-state index contributed by atoms with van der Waals surface area (Å²) in [5.41, 5.74) is 1.30. The average molecular weight is 293 g/mol. The smallest absolute Gasteiger partial charge is 0.124 e. The van der Waals surface area contributed by atoms with E-state index in [0.29, 0.717) is 17.4 Å². The van der Waals surface area contributed by atoms with Gasteiger partial charge in [0.25, 0.3) is 0 Å². The summed E-state index contributed by atoms with van der Waals surface area (Å²) < 4.78 is 11.7. The number of fused-ring (bicyclic) bond motifs is 1. The third-order valence-corrected chi connectivity index (χ3v) is 5.37. The SMILES string of the molecule is CCNC1c2ccccc2OCC1SCC1CCCO1. The lowest BCUT2D eigenvalue weighted by Gasteiger charge is -2.34. The van der Waals surface area contributed by atoms with Crippen molar-refractivity contribution in [3.8, 4) is 5.75 Å². The van der Waals surface area contributed by atoms with Gasteiger partial charge in [0.05, 0.1) is 17.4 Å². The molecule has 110 valence electrons. The van der Waals surface area contributed by atoms with Gasteiger partial charge in [-0.1, -0.05) is 25.1 Å². The minimum absolute atomic E-state index is 0.386. The number of para-hydroxylation sites is 1. The summed E-state index contributed by atoms with van der Waals surface area (Å²) in [6.45, 7) is 4.87. The van der Waals surface area contributed by atoms with Gasteiger partial charge in [0.1, 0.15) is 12.4 Å². The van der Waals surface area contributed by atoms with E-state index in [-0.39, 0.29) is 0 Å². The number of rotatable bonds is 5. The van der Waals surface area contributed by atoms with Crippen molar-refractivity contribution >= 4 is 11.8 Å². The van der Waals surface area contributed by atoms with Crippen molar-refractivity contribution in [2.75, 3.05) is 25.5 Å². The average Bonchev–Trinajstić information content (AvgIpc) is 3.00. The van der Waals surface area contributed by atoms with Gasteiger partial charge in [0.15, 0.2) is 0 Å². The molecule has 0 aromatic heterocycles. The van der Waals surface area contributed by atoms with E-state index in [1.165, 1.54) is 18.4 Å². The molecule has 2 aliphatic heterocycles. The van der Waals surface area contributed by atoms with E-state index in [4.69, 9.17) is 9.47 Å². The predicted molar refractivity (Wildman–Crippen MR) is 83.6 cm³/mol. The highest BCUT2D eigenvalue weighted by molar-refractivity contribution is 8.00. The van der Waals surface area contributed by atoms with Crippen LogP contribution < -0.4 is 10.1 Å². The molecule has 0 bridgehead atoms. The Morgan fingerprint density at radius 1 is 1.35 bits per heavy atom. The maximum absolute atomic E-state index is 5.93. The molecule has 0 amide bonds. The molecule has 3 atom stereocenters. The van der Waals surface area contributed by atoms with E-state index in [9.17, 15) is 0 Å². The van der Waals surface area contributed by atoms with Gasteiger partial charge in [-0.2, -0.15) is 11.8 Å². The van der Waals surface area contributed by atoms with Crippen LogP contribution in [0.2, 0.25) is 0 Å². The van der Waals surface area contributed by atoms with Crippen molar-refractivity contribution in [2.45, 2.75) is 37.2 Å². The fourth-order valence-corrected chi connectivity index (χ4v) is 4.27. The van der Waals surface area contributed by atoms with Crippen LogP contribution in [0.5, 0.6) is 5.75 Å². The van der Waals surface area contributed by atoms with E-state index in [2.05, 4.69) is 30.4 Å². The third-order valence-electron chi connectivity index (χ3n) is 3.97. The minimum atomic E-state index is 0.386. The van der Waals surface area contributed by atoms with Crippen LogP contribution in [0.1, 0.15) is 31.4 Å². The van der Waals surface area contributed by atoms with Crippen LogP contribution in [0.4, 0.5) is 0 Å². The second-order valence-corrected chi connectivity index (χ2v) is 6.66. The van der Waals surface area contributed by atoms with E-state index >= 15 is 0 Å². The largest absolute Gasteiger partial charge is 0.492 e. The van der Waals surface area contributed by atoms with Gasteiger partial charge in [-0.05, 0) is 25.5 Å². The Balaban J connectivity index is 1.67. The van der Waals surface area contributed by atoms with Crippen LogP contribution in [0.3, 0.4) is 0 Å². The molecule has 1 aromatic carbocycles.